The number of amides is 1. The highest BCUT2D eigenvalue weighted by Crippen LogP contribution is 2.37. The number of likely N-dealkylation sites (N-methyl/N-ethyl adjacent to an activating group) is 2. The van der Waals surface area contributed by atoms with Crippen LogP contribution in [-0.2, 0) is 0 Å². The third-order valence-electron chi connectivity index (χ3n) is 4.37. The highest BCUT2D eigenvalue weighted by molar-refractivity contribution is 9.10. The topological polar surface area (TPSA) is 49.6 Å². The van der Waals surface area contributed by atoms with Gasteiger partial charge in [0.2, 0.25) is 0 Å². The van der Waals surface area contributed by atoms with E-state index in [4.69, 9.17) is 5.73 Å². The summed E-state index contributed by atoms with van der Waals surface area (Å²) < 4.78 is 0.685. The number of benzene rings is 1. The van der Waals surface area contributed by atoms with Crippen molar-refractivity contribution >= 4 is 27.5 Å². The van der Waals surface area contributed by atoms with E-state index in [0.717, 1.165) is 19.4 Å². The number of hydrogen-bond acceptors (Lipinski definition) is 3. The molecule has 2 N–H and O–H groups in total. The second kappa shape index (κ2) is 5.74. The summed E-state index contributed by atoms with van der Waals surface area (Å²) in [5.41, 5.74) is 7.20. The molecule has 0 bridgehead atoms. The first kappa shape index (κ1) is 15.3. The molecule has 0 aliphatic heterocycles. The highest BCUT2D eigenvalue weighted by Gasteiger charge is 2.40. The van der Waals surface area contributed by atoms with Crippen LogP contribution < -0.4 is 5.73 Å². The number of carbonyl (C=O) groups is 1. The third-order valence-corrected chi connectivity index (χ3v) is 5.26. The molecule has 1 aromatic rings. The van der Waals surface area contributed by atoms with Crippen LogP contribution in [0.5, 0.6) is 0 Å². The number of carbonyl (C=O) groups excluding carboxylic acids is 1. The maximum Gasteiger partial charge on any atom is 0.254 e. The molecule has 20 heavy (non-hydrogen) atoms. The molecule has 1 aliphatic rings. The fourth-order valence-corrected chi connectivity index (χ4v) is 3.20. The zero-order chi connectivity index (χ0) is 14.9. The van der Waals surface area contributed by atoms with Gasteiger partial charge in [0, 0.05) is 24.8 Å². The van der Waals surface area contributed by atoms with E-state index >= 15 is 0 Å². The van der Waals surface area contributed by atoms with Crippen LogP contribution in [0.15, 0.2) is 22.7 Å². The van der Waals surface area contributed by atoms with Gasteiger partial charge in [-0.15, -0.1) is 0 Å². The fraction of sp³-hybridized carbons (Fsp3) is 0.533. The second-order valence-electron chi connectivity index (χ2n) is 5.84. The summed E-state index contributed by atoms with van der Waals surface area (Å²) in [5.74, 6) is 0.0114. The zero-order valence-electron chi connectivity index (χ0n) is 12.3. The predicted molar refractivity (Wildman–Crippen MR) is 85.8 cm³/mol. The standard InChI is InChI=1S/C15H22BrN3O/c1-18(2)15(8-5-9-15)10-19(3)14(20)11-6-4-7-12(17)13(11)16/h4,6-7H,5,8-10,17H2,1-3H3. The van der Waals surface area contributed by atoms with Gasteiger partial charge in [-0.1, -0.05) is 6.07 Å². The van der Waals surface area contributed by atoms with Crippen molar-refractivity contribution in [3.8, 4) is 0 Å². The number of hydrogen-bond donors (Lipinski definition) is 1. The Bertz CT molecular complexity index is 512. The van der Waals surface area contributed by atoms with Crippen LogP contribution in [0.2, 0.25) is 0 Å². The molecule has 5 heteroatoms. The maximum atomic E-state index is 12.6. The van der Waals surface area contributed by atoms with Crippen LogP contribution in [0.1, 0.15) is 29.6 Å². The molecule has 0 aromatic heterocycles. The first-order valence-electron chi connectivity index (χ1n) is 6.84. The zero-order valence-corrected chi connectivity index (χ0v) is 13.9. The highest BCUT2D eigenvalue weighted by atomic mass is 79.9. The lowest BCUT2D eigenvalue weighted by Gasteiger charge is -2.49. The summed E-state index contributed by atoms with van der Waals surface area (Å²) in [6.45, 7) is 0.750. The van der Waals surface area contributed by atoms with Crippen LogP contribution in [0.4, 0.5) is 5.69 Å². The van der Waals surface area contributed by atoms with Gasteiger partial charge in [0.1, 0.15) is 0 Å². The van der Waals surface area contributed by atoms with E-state index in [2.05, 4.69) is 34.9 Å². The van der Waals surface area contributed by atoms with E-state index in [1.54, 1.807) is 11.0 Å². The lowest BCUT2D eigenvalue weighted by molar-refractivity contribution is 0.0252. The van der Waals surface area contributed by atoms with E-state index < -0.39 is 0 Å². The minimum absolute atomic E-state index is 0.0114. The average molecular weight is 340 g/mol. The minimum Gasteiger partial charge on any atom is -0.398 e. The van der Waals surface area contributed by atoms with Crippen LogP contribution in [0.25, 0.3) is 0 Å². The van der Waals surface area contributed by atoms with Crippen molar-refractivity contribution in [2.24, 2.45) is 0 Å². The predicted octanol–water partition coefficient (Wildman–Crippen LogP) is 2.59. The van der Waals surface area contributed by atoms with Crippen LogP contribution >= 0.6 is 15.9 Å². The van der Waals surface area contributed by atoms with Gasteiger partial charge in [0.05, 0.1) is 10.0 Å². The summed E-state index contributed by atoms with van der Waals surface area (Å²) >= 11 is 3.41. The number of anilines is 1. The van der Waals surface area contributed by atoms with Crippen molar-refractivity contribution in [2.45, 2.75) is 24.8 Å². The lowest BCUT2D eigenvalue weighted by Crippen LogP contribution is -2.57. The largest absolute Gasteiger partial charge is 0.398 e. The van der Waals surface area contributed by atoms with Gasteiger partial charge in [-0.05, 0) is 61.4 Å². The average Bonchev–Trinajstić information content (AvgIpc) is 2.35. The van der Waals surface area contributed by atoms with Crippen LogP contribution in [0, 0.1) is 0 Å². The first-order chi connectivity index (χ1) is 9.37. The van der Waals surface area contributed by atoms with Gasteiger partial charge in [0.25, 0.3) is 5.91 Å². The number of nitrogen functional groups attached to an aromatic ring is 1. The summed E-state index contributed by atoms with van der Waals surface area (Å²) in [7, 11) is 6.04. The second-order valence-corrected chi connectivity index (χ2v) is 6.64. The van der Waals surface area contributed by atoms with Gasteiger partial charge < -0.3 is 15.5 Å². The van der Waals surface area contributed by atoms with E-state index in [0.29, 0.717) is 15.7 Å². The molecule has 0 radical (unpaired) electrons. The van der Waals surface area contributed by atoms with Gasteiger partial charge in [-0.25, -0.2) is 0 Å². The molecule has 1 fully saturated rings. The lowest BCUT2D eigenvalue weighted by atomic mass is 9.75. The molecule has 4 nitrogen and oxygen atoms in total. The SMILES string of the molecule is CN(CC1(N(C)C)CCC1)C(=O)c1cccc(N)c1Br. The molecule has 0 spiro atoms. The van der Waals surface area contributed by atoms with E-state index in [1.165, 1.54) is 6.42 Å². The summed E-state index contributed by atoms with van der Waals surface area (Å²) in [6, 6.07) is 5.41. The van der Waals surface area contributed by atoms with Crippen LogP contribution in [-0.4, -0.2) is 48.9 Å². The quantitative estimate of drug-likeness (QED) is 0.857. The molecule has 1 aromatic carbocycles. The third kappa shape index (κ3) is 2.69. The molecular formula is C15H22BrN3O. The van der Waals surface area contributed by atoms with Gasteiger partial charge in [-0.2, -0.15) is 0 Å². The Kier molecular flexibility index (Phi) is 4.39. The Morgan fingerprint density at radius 3 is 2.50 bits per heavy atom. The Morgan fingerprint density at radius 1 is 1.35 bits per heavy atom. The summed E-state index contributed by atoms with van der Waals surface area (Å²) in [5, 5.41) is 0. The monoisotopic (exact) mass is 339 g/mol. The normalized spacial score (nSPS) is 16.9. The van der Waals surface area contributed by atoms with Gasteiger partial charge in [-0.3, -0.25) is 4.79 Å². The molecule has 1 amide bonds. The smallest absolute Gasteiger partial charge is 0.254 e. The first-order valence-corrected chi connectivity index (χ1v) is 7.63. The van der Waals surface area contributed by atoms with Crippen molar-refractivity contribution in [1.82, 2.24) is 9.80 Å². The van der Waals surface area contributed by atoms with E-state index in [-0.39, 0.29) is 11.4 Å². The summed E-state index contributed by atoms with van der Waals surface area (Å²) in [6.07, 6.45) is 3.54. The fourth-order valence-electron chi connectivity index (χ4n) is 2.77. The Labute approximate surface area is 129 Å². The number of nitrogens with two attached hydrogens (primary N) is 1. The van der Waals surface area contributed by atoms with Crippen molar-refractivity contribution in [3.05, 3.63) is 28.2 Å². The molecule has 0 heterocycles. The number of halogens is 1. The molecule has 0 saturated heterocycles. The Balaban J connectivity index is 2.15. The summed E-state index contributed by atoms with van der Waals surface area (Å²) in [4.78, 5) is 16.6. The molecule has 110 valence electrons. The van der Waals surface area contributed by atoms with Crippen molar-refractivity contribution in [1.29, 1.82) is 0 Å². The molecule has 1 aliphatic carbocycles. The maximum absolute atomic E-state index is 12.6. The van der Waals surface area contributed by atoms with Crippen molar-refractivity contribution in [2.75, 3.05) is 33.4 Å². The molecule has 2 rings (SSSR count). The van der Waals surface area contributed by atoms with Crippen molar-refractivity contribution in [3.63, 3.8) is 0 Å². The van der Waals surface area contributed by atoms with Crippen LogP contribution in [0.3, 0.4) is 0 Å². The molecule has 1 saturated carbocycles. The number of rotatable bonds is 4. The van der Waals surface area contributed by atoms with Gasteiger partial charge in [0.15, 0.2) is 0 Å². The molecular weight excluding hydrogens is 318 g/mol. The van der Waals surface area contributed by atoms with Crippen molar-refractivity contribution < 1.29 is 4.79 Å². The van der Waals surface area contributed by atoms with Gasteiger partial charge >= 0.3 is 0 Å². The molecule has 0 atom stereocenters. The Morgan fingerprint density at radius 2 is 2.00 bits per heavy atom. The Hall–Kier alpha value is -1.07. The van der Waals surface area contributed by atoms with E-state index in [9.17, 15) is 4.79 Å². The molecule has 0 unspecified atom stereocenters. The van der Waals surface area contributed by atoms with E-state index in [1.807, 2.05) is 19.2 Å². The number of nitrogens with zero attached hydrogens (tertiary/aromatic N) is 2. The minimum atomic E-state index is 0.0114.